The third kappa shape index (κ3) is 2.14. The second kappa shape index (κ2) is 4.23. The maximum atomic E-state index is 10.5. The average molecular weight is 216 g/mol. The van der Waals surface area contributed by atoms with Gasteiger partial charge in [0.1, 0.15) is 5.75 Å². The van der Waals surface area contributed by atoms with Crippen molar-refractivity contribution in [3.63, 3.8) is 0 Å². The molecule has 0 aromatic heterocycles. The van der Waals surface area contributed by atoms with Gasteiger partial charge in [-0.2, -0.15) is 0 Å². The average Bonchev–Trinajstić information content (AvgIpc) is 2.26. The van der Waals surface area contributed by atoms with Gasteiger partial charge >= 0.3 is 5.97 Å². The second-order valence-corrected chi connectivity index (χ2v) is 3.72. The molecule has 2 N–H and O–H groups in total. The van der Waals surface area contributed by atoms with Crippen molar-refractivity contribution >= 4 is 16.7 Å². The number of aromatic hydroxyl groups is 1. The lowest BCUT2D eigenvalue weighted by Gasteiger charge is -2.05. The Morgan fingerprint density at radius 2 is 1.75 bits per heavy atom. The highest BCUT2D eigenvalue weighted by Crippen LogP contribution is 2.25. The van der Waals surface area contributed by atoms with Crippen LogP contribution in [0.4, 0.5) is 0 Å². The summed E-state index contributed by atoms with van der Waals surface area (Å²) in [6.45, 7) is 0. The fraction of sp³-hybridized carbons (Fsp3) is 0.154. The number of carbonyl (C=O) groups is 1. The topological polar surface area (TPSA) is 57.5 Å². The van der Waals surface area contributed by atoms with Crippen molar-refractivity contribution in [2.75, 3.05) is 0 Å². The van der Waals surface area contributed by atoms with Gasteiger partial charge in [-0.25, -0.2) is 0 Å². The van der Waals surface area contributed by atoms with Crippen LogP contribution in [0.25, 0.3) is 10.8 Å². The minimum atomic E-state index is -0.854. The molecule has 0 atom stereocenters. The molecular formula is C13H12O3. The number of aryl methyl sites for hydroxylation is 1. The van der Waals surface area contributed by atoms with Crippen LogP contribution in [0, 0.1) is 0 Å². The van der Waals surface area contributed by atoms with Gasteiger partial charge in [0.2, 0.25) is 0 Å². The van der Waals surface area contributed by atoms with Gasteiger partial charge in [0.05, 0.1) is 0 Å². The molecule has 82 valence electrons. The number of fused-ring (bicyclic) bond motifs is 1. The summed E-state index contributed by atoms with van der Waals surface area (Å²) in [4.78, 5) is 10.5. The fourth-order valence-corrected chi connectivity index (χ4v) is 1.72. The van der Waals surface area contributed by atoms with Crippen molar-refractivity contribution in [3.05, 3.63) is 42.0 Å². The van der Waals surface area contributed by atoms with E-state index in [-0.39, 0.29) is 12.2 Å². The smallest absolute Gasteiger partial charge is 0.303 e. The number of benzene rings is 2. The first-order chi connectivity index (χ1) is 7.66. The molecule has 2 rings (SSSR count). The highest BCUT2D eigenvalue weighted by Gasteiger charge is 2.05. The molecule has 0 aliphatic carbocycles. The number of aliphatic carboxylic acids is 1. The zero-order valence-electron chi connectivity index (χ0n) is 8.68. The van der Waals surface area contributed by atoms with Crippen LogP contribution in [0.5, 0.6) is 5.75 Å². The van der Waals surface area contributed by atoms with Gasteiger partial charge in [-0.05, 0) is 34.9 Å². The molecule has 16 heavy (non-hydrogen) atoms. The van der Waals surface area contributed by atoms with E-state index in [9.17, 15) is 9.90 Å². The van der Waals surface area contributed by atoms with Crippen molar-refractivity contribution in [3.8, 4) is 5.75 Å². The molecule has 2 aromatic carbocycles. The molecule has 0 aliphatic rings. The summed E-state index contributed by atoms with van der Waals surface area (Å²) in [6, 6.07) is 11.2. The molecule has 3 nitrogen and oxygen atoms in total. The van der Waals surface area contributed by atoms with Crippen molar-refractivity contribution in [1.29, 1.82) is 0 Å². The SMILES string of the molecule is O=C(O)CCc1cc2ccccc2cc1O. The summed E-state index contributed by atoms with van der Waals surface area (Å²) in [5.41, 5.74) is 0.682. The van der Waals surface area contributed by atoms with E-state index in [1.807, 2.05) is 30.3 Å². The Morgan fingerprint density at radius 3 is 2.38 bits per heavy atom. The van der Waals surface area contributed by atoms with Crippen LogP contribution >= 0.6 is 0 Å². The Labute approximate surface area is 93.0 Å². The Hall–Kier alpha value is -2.03. The molecule has 3 heteroatoms. The fourth-order valence-electron chi connectivity index (χ4n) is 1.72. The first kappa shape index (κ1) is 10.5. The zero-order valence-corrected chi connectivity index (χ0v) is 8.68. The van der Waals surface area contributed by atoms with E-state index >= 15 is 0 Å². The number of phenolic OH excluding ortho intramolecular Hbond substituents is 1. The van der Waals surface area contributed by atoms with Crippen LogP contribution in [-0.4, -0.2) is 16.2 Å². The van der Waals surface area contributed by atoms with E-state index in [0.29, 0.717) is 12.0 Å². The van der Waals surface area contributed by atoms with E-state index in [2.05, 4.69) is 0 Å². The summed E-state index contributed by atoms with van der Waals surface area (Å²) in [5.74, 6) is -0.687. The van der Waals surface area contributed by atoms with Gasteiger partial charge in [0, 0.05) is 6.42 Å². The Kier molecular flexibility index (Phi) is 2.77. The molecule has 0 amide bonds. The largest absolute Gasteiger partial charge is 0.508 e. The van der Waals surface area contributed by atoms with Crippen molar-refractivity contribution in [1.82, 2.24) is 0 Å². The lowest BCUT2D eigenvalue weighted by atomic mass is 10.0. The van der Waals surface area contributed by atoms with Crippen LogP contribution in [0.2, 0.25) is 0 Å². The van der Waals surface area contributed by atoms with Crippen molar-refractivity contribution in [2.24, 2.45) is 0 Å². The van der Waals surface area contributed by atoms with Gasteiger partial charge in [-0.15, -0.1) is 0 Å². The summed E-state index contributed by atoms with van der Waals surface area (Å²) < 4.78 is 0. The maximum Gasteiger partial charge on any atom is 0.303 e. The lowest BCUT2D eigenvalue weighted by molar-refractivity contribution is -0.136. The third-order valence-electron chi connectivity index (χ3n) is 2.56. The minimum Gasteiger partial charge on any atom is -0.508 e. The zero-order chi connectivity index (χ0) is 11.5. The van der Waals surface area contributed by atoms with Gasteiger partial charge in [0.15, 0.2) is 0 Å². The van der Waals surface area contributed by atoms with Gasteiger partial charge in [-0.3, -0.25) is 4.79 Å². The first-order valence-electron chi connectivity index (χ1n) is 5.09. The van der Waals surface area contributed by atoms with E-state index in [1.54, 1.807) is 6.07 Å². The second-order valence-electron chi connectivity index (χ2n) is 3.72. The molecule has 0 unspecified atom stereocenters. The monoisotopic (exact) mass is 216 g/mol. The molecular weight excluding hydrogens is 204 g/mol. The van der Waals surface area contributed by atoms with Crippen molar-refractivity contribution in [2.45, 2.75) is 12.8 Å². The van der Waals surface area contributed by atoms with Crippen LogP contribution in [-0.2, 0) is 11.2 Å². The highest BCUT2D eigenvalue weighted by atomic mass is 16.4. The Bertz CT molecular complexity index is 532. The van der Waals surface area contributed by atoms with E-state index in [4.69, 9.17) is 5.11 Å². The van der Waals surface area contributed by atoms with E-state index < -0.39 is 5.97 Å². The molecule has 0 heterocycles. The summed E-state index contributed by atoms with van der Waals surface area (Å²) in [5, 5.41) is 20.3. The Balaban J connectivity index is 2.38. The molecule has 0 radical (unpaired) electrons. The van der Waals surface area contributed by atoms with E-state index in [1.165, 1.54) is 0 Å². The molecule has 0 fully saturated rings. The number of hydrogen-bond donors (Lipinski definition) is 2. The molecule has 0 aliphatic heterocycles. The van der Waals surface area contributed by atoms with Gasteiger partial charge in [0.25, 0.3) is 0 Å². The molecule has 2 aromatic rings. The van der Waals surface area contributed by atoms with Crippen molar-refractivity contribution < 1.29 is 15.0 Å². The summed E-state index contributed by atoms with van der Waals surface area (Å²) >= 11 is 0. The molecule has 0 spiro atoms. The third-order valence-corrected chi connectivity index (χ3v) is 2.56. The number of carboxylic acid groups (broad SMARTS) is 1. The Morgan fingerprint density at radius 1 is 1.12 bits per heavy atom. The minimum absolute atomic E-state index is 0.0336. The summed E-state index contributed by atoms with van der Waals surface area (Å²) in [7, 11) is 0. The number of rotatable bonds is 3. The number of carboxylic acids is 1. The van der Waals surface area contributed by atoms with Crippen LogP contribution < -0.4 is 0 Å². The molecule has 0 saturated carbocycles. The highest BCUT2D eigenvalue weighted by molar-refractivity contribution is 5.85. The predicted octanol–water partition coefficient (Wildman–Crippen LogP) is 2.56. The maximum absolute atomic E-state index is 10.5. The normalized spacial score (nSPS) is 10.5. The molecule has 0 saturated heterocycles. The van der Waals surface area contributed by atoms with Gasteiger partial charge in [-0.1, -0.05) is 24.3 Å². The number of phenols is 1. The van der Waals surface area contributed by atoms with Gasteiger partial charge < -0.3 is 10.2 Å². The predicted molar refractivity (Wildman–Crippen MR) is 61.6 cm³/mol. The van der Waals surface area contributed by atoms with Crippen LogP contribution in [0.15, 0.2) is 36.4 Å². The van der Waals surface area contributed by atoms with Crippen LogP contribution in [0.3, 0.4) is 0 Å². The molecule has 0 bridgehead atoms. The lowest BCUT2D eigenvalue weighted by Crippen LogP contribution is -1.97. The number of hydrogen-bond acceptors (Lipinski definition) is 2. The standard InChI is InChI=1S/C13H12O3/c14-12-8-10-4-2-1-3-9(10)7-11(12)5-6-13(15)16/h1-4,7-8,14H,5-6H2,(H,15,16). The summed E-state index contributed by atoms with van der Waals surface area (Å²) in [6.07, 6.45) is 0.387. The first-order valence-corrected chi connectivity index (χ1v) is 5.09. The van der Waals surface area contributed by atoms with E-state index in [0.717, 1.165) is 10.8 Å². The van der Waals surface area contributed by atoms with Crippen LogP contribution in [0.1, 0.15) is 12.0 Å². The quantitative estimate of drug-likeness (QED) is 0.829.